The van der Waals surface area contributed by atoms with Crippen LogP contribution in [0.5, 0.6) is 0 Å². The Hall–Kier alpha value is -2.75. The largest absolute Gasteiger partial charge is 0.471 e. The van der Waals surface area contributed by atoms with Crippen LogP contribution < -0.4 is 0 Å². The third kappa shape index (κ3) is 4.91. The first-order valence-corrected chi connectivity index (χ1v) is 9.67. The Bertz CT molecular complexity index is 1050. The van der Waals surface area contributed by atoms with Crippen LogP contribution in [0.2, 0.25) is 0 Å². The predicted molar refractivity (Wildman–Crippen MR) is 91.0 cm³/mol. The molecule has 0 N–H and O–H groups in total. The lowest BCUT2D eigenvalue weighted by Gasteiger charge is -2.05. The van der Waals surface area contributed by atoms with Crippen molar-refractivity contribution in [2.24, 2.45) is 4.36 Å². The summed E-state index contributed by atoms with van der Waals surface area (Å²) in [5.41, 5.74) is 1.36. The van der Waals surface area contributed by atoms with Crippen LogP contribution in [-0.4, -0.2) is 20.6 Å². The van der Waals surface area contributed by atoms with E-state index < -0.39 is 21.8 Å². The maximum Gasteiger partial charge on any atom is 0.471 e. The van der Waals surface area contributed by atoms with E-state index in [1.54, 1.807) is 0 Å². The molecule has 0 amide bonds. The van der Waals surface area contributed by atoms with Crippen molar-refractivity contribution in [3.8, 4) is 11.4 Å². The van der Waals surface area contributed by atoms with Gasteiger partial charge in [-0.2, -0.15) is 22.5 Å². The maximum atomic E-state index is 12.9. The fourth-order valence-electron chi connectivity index (χ4n) is 2.27. The molecule has 0 aliphatic carbocycles. The van der Waals surface area contributed by atoms with Crippen molar-refractivity contribution >= 4 is 15.4 Å². The van der Waals surface area contributed by atoms with Crippen LogP contribution in [0.25, 0.3) is 11.4 Å². The number of hydrogen-bond donors (Lipinski definition) is 0. The number of benzene rings is 2. The molecule has 1 heterocycles. The van der Waals surface area contributed by atoms with Crippen LogP contribution in [0.3, 0.4) is 0 Å². The molecular weight excluding hydrogens is 386 g/mol. The average molecular weight is 399 g/mol. The summed E-state index contributed by atoms with van der Waals surface area (Å²) in [6, 6.07) is 11.5. The van der Waals surface area contributed by atoms with Crippen LogP contribution in [0, 0.1) is 5.82 Å². The zero-order valence-corrected chi connectivity index (χ0v) is 14.7. The topological polar surface area (TPSA) is 68.3 Å². The Labute approximate surface area is 152 Å². The van der Waals surface area contributed by atoms with Crippen molar-refractivity contribution in [1.29, 1.82) is 0 Å². The van der Waals surface area contributed by atoms with Crippen LogP contribution >= 0.6 is 0 Å². The summed E-state index contributed by atoms with van der Waals surface area (Å²) >= 11 is 0. The molecule has 0 bridgehead atoms. The molecule has 5 nitrogen and oxygen atoms in total. The van der Waals surface area contributed by atoms with E-state index in [1.807, 2.05) is 0 Å². The van der Waals surface area contributed by atoms with Gasteiger partial charge < -0.3 is 4.52 Å². The van der Waals surface area contributed by atoms with Gasteiger partial charge in [0, 0.05) is 11.8 Å². The van der Waals surface area contributed by atoms with Crippen LogP contribution in [-0.2, 0) is 21.7 Å². The molecule has 0 aliphatic rings. The second kappa shape index (κ2) is 7.10. The highest BCUT2D eigenvalue weighted by Crippen LogP contribution is 2.30. The molecule has 3 rings (SSSR count). The van der Waals surface area contributed by atoms with Crippen LogP contribution in [0.1, 0.15) is 11.5 Å². The van der Waals surface area contributed by atoms with Crippen molar-refractivity contribution in [1.82, 2.24) is 10.1 Å². The van der Waals surface area contributed by atoms with Gasteiger partial charge in [0.15, 0.2) is 0 Å². The van der Waals surface area contributed by atoms with Crippen LogP contribution in [0.4, 0.5) is 23.2 Å². The summed E-state index contributed by atoms with van der Waals surface area (Å²) in [7, 11) is -2.64. The fraction of sp³-hybridized carbons (Fsp3) is 0.176. The van der Waals surface area contributed by atoms with E-state index in [-0.39, 0.29) is 17.4 Å². The Morgan fingerprint density at radius 2 is 1.70 bits per heavy atom. The summed E-state index contributed by atoms with van der Waals surface area (Å²) in [5.74, 6) is -1.89. The van der Waals surface area contributed by atoms with E-state index in [0.29, 0.717) is 16.8 Å². The molecule has 0 saturated heterocycles. The Morgan fingerprint density at radius 3 is 2.26 bits per heavy atom. The van der Waals surface area contributed by atoms with Gasteiger partial charge in [-0.3, -0.25) is 0 Å². The van der Waals surface area contributed by atoms with E-state index in [2.05, 4.69) is 19.0 Å². The van der Waals surface area contributed by atoms with E-state index in [4.69, 9.17) is 0 Å². The van der Waals surface area contributed by atoms with Crippen molar-refractivity contribution in [3.05, 3.63) is 65.8 Å². The van der Waals surface area contributed by atoms with Gasteiger partial charge in [0.25, 0.3) is 0 Å². The second-order valence-corrected chi connectivity index (χ2v) is 8.18. The number of rotatable bonds is 4. The van der Waals surface area contributed by atoms with Gasteiger partial charge in [-0.1, -0.05) is 17.3 Å². The molecule has 1 unspecified atom stereocenters. The summed E-state index contributed by atoms with van der Waals surface area (Å²) in [6.07, 6.45) is -3.24. The monoisotopic (exact) mass is 399 g/mol. The second-order valence-electron chi connectivity index (χ2n) is 5.79. The summed E-state index contributed by atoms with van der Waals surface area (Å²) in [6.45, 7) is 0. The molecule has 142 valence electrons. The zero-order chi connectivity index (χ0) is 19.7. The lowest BCUT2D eigenvalue weighted by Crippen LogP contribution is -2.04. The fourth-order valence-corrected chi connectivity index (χ4v) is 3.72. The molecule has 27 heavy (non-hydrogen) atoms. The quantitative estimate of drug-likeness (QED) is 0.590. The zero-order valence-electron chi connectivity index (χ0n) is 13.9. The molecular formula is C17H13F4N3O2S. The first-order valence-electron chi connectivity index (χ1n) is 7.58. The van der Waals surface area contributed by atoms with E-state index >= 15 is 0 Å². The molecule has 0 saturated carbocycles. The summed E-state index contributed by atoms with van der Waals surface area (Å²) < 4.78 is 71.5. The number of hydrogen-bond acceptors (Lipinski definition) is 5. The molecule has 1 aromatic heterocycles. The third-order valence-electron chi connectivity index (χ3n) is 3.44. The van der Waals surface area contributed by atoms with Gasteiger partial charge in [0.2, 0.25) is 5.82 Å². The van der Waals surface area contributed by atoms with Gasteiger partial charge in [-0.05, 0) is 42.0 Å². The summed E-state index contributed by atoms with van der Waals surface area (Å²) in [4.78, 5) is 3.30. The number of alkyl halides is 3. The highest BCUT2D eigenvalue weighted by Gasteiger charge is 2.38. The third-order valence-corrected chi connectivity index (χ3v) is 4.91. The number of nitrogens with zero attached hydrogens (tertiary/aromatic N) is 3. The molecule has 0 aliphatic heterocycles. The first kappa shape index (κ1) is 19.0. The van der Waals surface area contributed by atoms with Gasteiger partial charge in [0.1, 0.15) is 5.82 Å². The minimum Gasteiger partial charge on any atom is -0.329 e. The number of halogens is 4. The summed E-state index contributed by atoms with van der Waals surface area (Å²) in [5, 5.41) is 3.30. The normalized spacial score (nSPS) is 14.0. The lowest BCUT2D eigenvalue weighted by atomic mass is 10.2. The highest BCUT2D eigenvalue weighted by molar-refractivity contribution is 7.92. The highest BCUT2D eigenvalue weighted by atomic mass is 32.2. The van der Waals surface area contributed by atoms with E-state index in [0.717, 1.165) is 0 Å². The molecule has 0 fully saturated rings. The Morgan fingerprint density at radius 1 is 1.07 bits per heavy atom. The lowest BCUT2D eigenvalue weighted by molar-refractivity contribution is -0.159. The molecule has 1 atom stereocenters. The van der Waals surface area contributed by atoms with Gasteiger partial charge in [-0.15, -0.1) is 0 Å². The molecule has 2 aromatic carbocycles. The van der Waals surface area contributed by atoms with Crippen molar-refractivity contribution in [3.63, 3.8) is 0 Å². The molecule has 3 aromatic rings. The van der Waals surface area contributed by atoms with Gasteiger partial charge in [0.05, 0.1) is 21.2 Å². The van der Waals surface area contributed by atoms with Gasteiger partial charge in [-0.25, -0.2) is 8.60 Å². The minimum atomic E-state index is -4.71. The van der Waals surface area contributed by atoms with E-state index in [1.165, 1.54) is 54.8 Å². The minimum absolute atomic E-state index is 0.134. The average Bonchev–Trinajstić information content (AvgIpc) is 3.07. The van der Waals surface area contributed by atoms with Crippen molar-refractivity contribution in [2.75, 3.05) is 6.26 Å². The number of aromatic nitrogens is 2. The van der Waals surface area contributed by atoms with Gasteiger partial charge >= 0.3 is 12.1 Å². The predicted octanol–water partition coefficient (Wildman–Crippen LogP) is 4.82. The Kier molecular flexibility index (Phi) is 5.01. The SMILES string of the molecule is CS(=O)(Cc1ccc(F)cc1)=Nc1ccc(-c2noc(C(F)(F)F)n2)cc1. The van der Waals surface area contributed by atoms with Crippen LogP contribution in [0.15, 0.2) is 57.4 Å². The molecule has 10 heteroatoms. The molecule has 0 spiro atoms. The molecule has 0 radical (unpaired) electrons. The standard InChI is InChI=1S/C17H13F4N3O2S/c1-27(25,10-11-2-6-13(18)7-3-11)24-14-8-4-12(5-9-14)15-22-16(26-23-15)17(19,20)21/h2-9H,10H2,1H3. The van der Waals surface area contributed by atoms with Crippen molar-refractivity contribution in [2.45, 2.75) is 11.9 Å². The Balaban J connectivity index is 1.80. The van der Waals surface area contributed by atoms with Crippen molar-refractivity contribution < 1.29 is 26.3 Å². The smallest absolute Gasteiger partial charge is 0.329 e. The van der Waals surface area contributed by atoms with E-state index in [9.17, 15) is 21.8 Å². The first-order chi connectivity index (χ1) is 12.6. The maximum absolute atomic E-state index is 12.9.